The molecule has 5 nitrogen and oxygen atoms in total. The Bertz CT molecular complexity index is 825. The highest BCUT2D eigenvalue weighted by Gasteiger charge is 2.18. The summed E-state index contributed by atoms with van der Waals surface area (Å²) >= 11 is 1.65. The van der Waals surface area contributed by atoms with E-state index < -0.39 is 0 Å². The van der Waals surface area contributed by atoms with Crippen molar-refractivity contribution in [1.82, 2.24) is 15.5 Å². The van der Waals surface area contributed by atoms with Crippen molar-refractivity contribution in [3.05, 3.63) is 69.5 Å². The van der Waals surface area contributed by atoms with Crippen molar-refractivity contribution in [2.75, 3.05) is 0 Å². The van der Waals surface area contributed by atoms with Crippen LogP contribution in [0.15, 0.2) is 46.3 Å². The average Bonchev–Trinajstić information content (AvgIpc) is 3.32. The van der Waals surface area contributed by atoms with E-state index >= 15 is 0 Å². The number of hydrogen-bond acceptors (Lipinski definition) is 5. The van der Waals surface area contributed by atoms with Crippen molar-refractivity contribution < 1.29 is 9.32 Å². The maximum absolute atomic E-state index is 12.5. The number of carbonyl (C=O) groups excluding carboxylic acids is 1. The number of aryl methyl sites for hydroxylation is 3. The Morgan fingerprint density at radius 3 is 2.69 bits per heavy atom. The predicted molar refractivity (Wildman–Crippen MR) is 102 cm³/mol. The summed E-state index contributed by atoms with van der Waals surface area (Å²) in [5, 5.41) is 8.97. The van der Waals surface area contributed by atoms with Gasteiger partial charge < -0.3 is 9.84 Å². The van der Waals surface area contributed by atoms with Gasteiger partial charge in [-0.05, 0) is 42.3 Å². The molecule has 136 valence electrons. The highest BCUT2D eigenvalue weighted by atomic mass is 32.1. The molecule has 1 unspecified atom stereocenters. The number of benzene rings is 1. The number of aromatic nitrogens is 2. The van der Waals surface area contributed by atoms with E-state index in [9.17, 15) is 4.79 Å². The second kappa shape index (κ2) is 8.76. The van der Waals surface area contributed by atoms with Crippen LogP contribution in [-0.2, 0) is 17.6 Å². The van der Waals surface area contributed by atoms with Gasteiger partial charge in [0.25, 0.3) is 0 Å². The number of nitrogens with one attached hydrogen (secondary N) is 1. The van der Waals surface area contributed by atoms with Crippen LogP contribution in [0.4, 0.5) is 0 Å². The minimum Gasteiger partial charge on any atom is -0.344 e. The van der Waals surface area contributed by atoms with Crippen LogP contribution in [0.1, 0.15) is 53.5 Å². The van der Waals surface area contributed by atoms with Crippen LogP contribution in [0.5, 0.6) is 0 Å². The van der Waals surface area contributed by atoms with Crippen LogP contribution in [0.2, 0.25) is 0 Å². The summed E-state index contributed by atoms with van der Waals surface area (Å²) in [4.78, 5) is 17.8. The van der Waals surface area contributed by atoms with E-state index in [0.29, 0.717) is 31.0 Å². The smallest absolute Gasteiger partial charge is 0.226 e. The summed E-state index contributed by atoms with van der Waals surface area (Å²) in [5.74, 6) is 1.23. The van der Waals surface area contributed by atoms with Gasteiger partial charge in [-0.25, -0.2) is 0 Å². The van der Waals surface area contributed by atoms with Gasteiger partial charge in [0.05, 0.1) is 6.04 Å². The fourth-order valence-corrected chi connectivity index (χ4v) is 3.60. The first-order valence-electron chi connectivity index (χ1n) is 8.86. The van der Waals surface area contributed by atoms with E-state index in [2.05, 4.69) is 52.7 Å². The lowest BCUT2D eigenvalue weighted by Gasteiger charge is -2.18. The third-order valence-corrected chi connectivity index (χ3v) is 5.16. The first-order chi connectivity index (χ1) is 12.7. The highest BCUT2D eigenvalue weighted by Crippen LogP contribution is 2.26. The molecule has 1 N–H and O–H groups in total. The lowest BCUT2D eigenvalue weighted by Crippen LogP contribution is -2.28. The normalized spacial score (nSPS) is 12.1. The molecule has 26 heavy (non-hydrogen) atoms. The zero-order valence-electron chi connectivity index (χ0n) is 15.1. The van der Waals surface area contributed by atoms with E-state index in [0.717, 1.165) is 16.9 Å². The first-order valence-corrected chi connectivity index (χ1v) is 9.74. The van der Waals surface area contributed by atoms with E-state index in [4.69, 9.17) is 4.52 Å². The lowest BCUT2D eigenvalue weighted by atomic mass is 10.0. The SMILES string of the molecule is CCc1ccc(C(NC(=O)CCCc2nc(C)no2)c2cccs2)cc1. The molecule has 0 radical (unpaired) electrons. The van der Waals surface area contributed by atoms with Gasteiger partial charge >= 0.3 is 0 Å². The summed E-state index contributed by atoms with van der Waals surface area (Å²) < 4.78 is 5.09. The van der Waals surface area contributed by atoms with Gasteiger partial charge in [-0.1, -0.05) is 42.4 Å². The molecule has 0 saturated carbocycles. The third kappa shape index (κ3) is 4.79. The molecule has 1 amide bonds. The van der Waals surface area contributed by atoms with E-state index in [1.54, 1.807) is 18.3 Å². The summed E-state index contributed by atoms with van der Waals surface area (Å²) in [5.41, 5.74) is 2.39. The van der Waals surface area contributed by atoms with Gasteiger partial charge in [0, 0.05) is 17.7 Å². The summed E-state index contributed by atoms with van der Waals surface area (Å²) in [6.07, 6.45) is 2.73. The average molecular weight is 369 g/mol. The van der Waals surface area contributed by atoms with Crippen LogP contribution in [0.3, 0.4) is 0 Å². The van der Waals surface area contributed by atoms with Crippen molar-refractivity contribution in [2.24, 2.45) is 0 Å². The number of rotatable bonds is 8. The zero-order valence-corrected chi connectivity index (χ0v) is 15.9. The predicted octanol–water partition coefficient (Wildman–Crippen LogP) is 4.23. The second-order valence-electron chi connectivity index (χ2n) is 6.20. The first kappa shape index (κ1) is 18.3. The maximum Gasteiger partial charge on any atom is 0.226 e. The maximum atomic E-state index is 12.5. The Balaban J connectivity index is 1.62. The fourth-order valence-electron chi connectivity index (χ4n) is 2.79. The van der Waals surface area contributed by atoms with Crippen molar-refractivity contribution in [1.29, 1.82) is 0 Å². The molecule has 6 heteroatoms. The molecule has 2 aromatic heterocycles. The number of carbonyl (C=O) groups is 1. The number of amides is 1. The third-order valence-electron chi connectivity index (χ3n) is 4.22. The summed E-state index contributed by atoms with van der Waals surface area (Å²) in [6.45, 7) is 3.92. The van der Waals surface area contributed by atoms with Gasteiger partial charge in [-0.15, -0.1) is 11.3 Å². The Morgan fingerprint density at radius 2 is 2.08 bits per heavy atom. The molecule has 0 aliphatic carbocycles. The summed E-state index contributed by atoms with van der Waals surface area (Å²) in [6, 6.07) is 12.4. The van der Waals surface area contributed by atoms with Crippen LogP contribution in [0.25, 0.3) is 0 Å². The molecule has 0 bridgehead atoms. The molecule has 3 aromatic rings. The van der Waals surface area contributed by atoms with Gasteiger partial charge in [-0.2, -0.15) is 4.98 Å². The molecular weight excluding hydrogens is 346 g/mol. The van der Waals surface area contributed by atoms with Crippen molar-refractivity contribution in [3.63, 3.8) is 0 Å². The van der Waals surface area contributed by atoms with Crippen molar-refractivity contribution in [3.8, 4) is 0 Å². The molecule has 0 fully saturated rings. The molecule has 3 rings (SSSR count). The molecule has 1 aromatic carbocycles. The van der Waals surface area contributed by atoms with E-state index in [1.165, 1.54) is 5.56 Å². The fraction of sp³-hybridized carbons (Fsp3) is 0.350. The molecule has 1 atom stereocenters. The van der Waals surface area contributed by atoms with Crippen molar-refractivity contribution >= 4 is 17.2 Å². The molecule has 0 spiro atoms. The zero-order chi connectivity index (χ0) is 18.4. The van der Waals surface area contributed by atoms with Gasteiger partial charge in [0.1, 0.15) is 0 Å². The minimum absolute atomic E-state index is 0.0270. The van der Waals surface area contributed by atoms with Crippen LogP contribution in [0, 0.1) is 6.92 Å². The Kier molecular flexibility index (Phi) is 6.17. The van der Waals surface area contributed by atoms with Gasteiger partial charge in [0.15, 0.2) is 5.82 Å². The molecular formula is C20H23N3O2S. The quantitative estimate of drug-likeness (QED) is 0.645. The number of thiophene rings is 1. The van der Waals surface area contributed by atoms with Gasteiger partial charge in [-0.3, -0.25) is 4.79 Å². The second-order valence-corrected chi connectivity index (χ2v) is 7.18. The molecule has 2 heterocycles. The van der Waals surface area contributed by atoms with Crippen LogP contribution < -0.4 is 5.32 Å². The van der Waals surface area contributed by atoms with Crippen LogP contribution in [-0.4, -0.2) is 16.0 Å². The topological polar surface area (TPSA) is 68.0 Å². The Hall–Kier alpha value is -2.47. The standard InChI is InChI=1S/C20H23N3O2S/c1-3-15-9-11-16(12-10-15)20(17-6-5-13-26-17)22-18(24)7-4-8-19-21-14(2)23-25-19/h5-6,9-13,20H,3-4,7-8H2,1-2H3,(H,22,24). The largest absolute Gasteiger partial charge is 0.344 e. The van der Waals surface area contributed by atoms with E-state index in [-0.39, 0.29) is 11.9 Å². The van der Waals surface area contributed by atoms with Crippen LogP contribution >= 0.6 is 11.3 Å². The Morgan fingerprint density at radius 1 is 1.27 bits per heavy atom. The molecule has 0 saturated heterocycles. The van der Waals surface area contributed by atoms with Gasteiger partial charge in [0.2, 0.25) is 11.8 Å². The molecule has 0 aliphatic heterocycles. The van der Waals surface area contributed by atoms with E-state index in [1.807, 2.05) is 11.4 Å². The minimum atomic E-state index is -0.112. The highest BCUT2D eigenvalue weighted by molar-refractivity contribution is 7.10. The number of nitrogens with zero attached hydrogens (tertiary/aromatic N) is 2. The lowest BCUT2D eigenvalue weighted by molar-refractivity contribution is -0.121. The summed E-state index contributed by atoms with van der Waals surface area (Å²) in [7, 11) is 0. The Labute approximate surface area is 157 Å². The number of hydrogen-bond donors (Lipinski definition) is 1. The van der Waals surface area contributed by atoms with Crippen molar-refractivity contribution in [2.45, 2.75) is 45.6 Å². The monoisotopic (exact) mass is 369 g/mol. The molecule has 0 aliphatic rings.